The van der Waals surface area contributed by atoms with E-state index < -0.39 is 11.7 Å². The molecule has 0 unspecified atom stereocenters. The highest BCUT2D eigenvalue weighted by Gasteiger charge is 2.13. The molecule has 0 saturated heterocycles. The van der Waals surface area contributed by atoms with Crippen LogP contribution in [0.5, 0.6) is 0 Å². The molecule has 19 heavy (non-hydrogen) atoms. The van der Waals surface area contributed by atoms with E-state index in [1.165, 1.54) is 0 Å². The third-order valence-corrected chi connectivity index (χ3v) is 3.50. The van der Waals surface area contributed by atoms with Gasteiger partial charge in [-0.15, -0.1) is 0 Å². The molecule has 98 valence electrons. The lowest BCUT2D eigenvalue weighted by molar-refractivity contribution is 0.102. The predicted molar refractivity (Wildman–Crippen MR) is 75.4 cm³/mol. The number of carbonyl (C=O) groups is 1. The topological polar surface area (TPSA) is 68.0 Å². The molecular weight excluding hydrogens is 313 g/mol. The number of halogens is 2. The number of aromatic nitrogens is 1. The molecule has 0 bridgehead atoms. The Bertz CT molecular complexity index is 646. The summed E-state index contributed by atoms with van der Waals surface area (Å²) >= 11 is 3.37. The fourth-order valence-corrected chi connectivity index (χ4v) is 1.93. The Labute approximate surface area is 118 Å². The number of nitrogen functional groups attached to an aromatic ring is 1. The summed E-state index contributed by atoms with van der Waals surface area (Å²) in [5, 5.41) is 2.68. The number of hydrogen-bond acceptors (Lipinski definition) is 3. The van der Waals surface area contributed by atoms with Crippen LogP contribution in [0.25, 0.3) is 0 Å². The molecule has 0 aliphatic heterocycles. The first-order valence-electron chi connectivity index (χ1n) is 5.46. The van der Waals surface area contributed by atoms with Gasteiger partial charge in [0.2, 0.25) is 0 Å². The van der Waals surface area contributed by atoms with E-state index in [1.807, 2.05) is 13.0 Å². The van der Waals surface area contributed by atoms with Crippen molar-refractivity contribution in [3.05, 3.63) is 51.9 Å². The second kappa shape index (κ2) is 5.36. The van der Waals surface area contributed by atoms with Crippen molar-refractivity contribution in [1.29, 1.82) is 0 Å². The summed E-state index contributed by atoms with van der Waals surface area (Å²) in [6.07, 6.45) is 0.969. The summed E-state index contributed by atoms with van der Waals surface area (Å²) in [7, 11) is 0. The Morgan fingerprint density at radius 1 is 1.47 bits per heavy atom. The molecule has 0 atom stereocenters. The average Bonchev–Trinajstić information content (AvgIpc) is 2.38. The van der Waals surface area contributed by atoms with E-state index in [1.54, 1.807) is 12.1 Å². The third-order valence-electron chi connectivity index (χ3n) is 2.65. The lowest BCUT2D eigenvalue weighted by Gasteiger charge is -2.10. The van der Waals surface area contributed by atoms with Crippen LogP contribution in [0.1, 0.15) is 15.9 Å². The van der Waals surface area contributed by atoms with E-state index in [9.17, 15) is 9.18 Å². The van der Waals surface area contributed by atoms with E-state index in [2.05, 4.69) is 26.2 Å². The van der Waals surface area contributed by atoms with Gasteiger partial charge >= 0.3 is 0 Å². The van der Waals surface area contributed by atoms with Crippen molar-refractivity contribution in [2.24, 2.45) is 0 Å². The molecule has 1 heterocycles. The van der Waals surface area contributed by atoms with Crippen LogP contribution in [0.2, 0.25) is 0 Å². The monoisotopic (exact) mass is 323 g/mol. The Morgan fingerprint density at radius 3 is 2.95 bits per heavy atom. The standard InChI is InChI=1S/C13H11BrFN3O/c1-7-10(14)3-2-4-11(7)18-13(19)9-5-8(15)6-17-12(9)16/h2-6H,1H3,(H2,16,17)(H,18,19). The number of nitrogens with zero attached hydrogens (tertiary/aromatic N) is 1. The van der Waals surface area contributed by atoms with Crippen molar-refractivity contribution in [3.63, 3.8) is 0 Å². The molecule has 0 spiro atoms. The summed E-state index contributed by atoms with van der Waals surface area (Å²) in [6.45, 7) is 1.85. The Kier molecular flexibility index (Phi) is 3.80. The molecule has 6 heteroatoms. The fourth-order valence-electron chi connectivity index (χ4n) is 1.56. The molecule has 0 radical (unpaired) electrons. The Hall–Kier alpha value is -1.95. The number of anilines is 2. The zero-order chi connectivity index (χ0) is 14.0. The van der Waals surface area contributed by atoms with Gasteiger partial charge in [-0.05, 0) is 30.7 Å². The number of nitrogens with one attached hydrogen (secondary N) is 1. The maximum atomic E-state index is 13.1. The van der Waals surface area contributed by atoms with Gasteiger partial charge in [0.15, 0.2) is 0 Å². The lowest BCUT2D eigenvalue weighted by atomic mass is 10.2. The van der Waals surface area contributed by atoms with Crippen LogP contribution in [0, 0.1) is 12.7 Å². The van der Waals surface area contributed by atoms with Crippen molar-refractivity contribution in [1.82, 2.24) is 4.98 Å². The van der Waals surface area contributed by atoms with Gasteiger partial charge in [0, 0.05) is 10.2 Å². The van der Waals surface area contributed by atoms with Gasteiger partial charge in [0.05, 0.1) is 11.8 Å². The molecule has 2 aromatic rings. The minimum atomic E-state index is -0.606. The second-order valence-corrected chi connectivity index (χ2v) is 4.81. The smallest absolute Gasteiger partial charge is 0.259 e. The van der Waals surface area contributed by atoms with Crippen LogP contribution in [-0.4, -0.2) is 10.9 Å². The normalized spacial score (nSPS) is 10.3. The first kappa shape index (κ1) is 13.5. The van der Waals surface area contributed by atoms with Gasteiger partial charge < -0.3 is 11.1 Å². The Balaban J connectivity index is 2.31. The third kappa shape index (κ3) is 2.90. The molecule has 0 saturated carbocycles. The van der Waals surface area contributed by atoms with Gasteiger partial charge in [-0.1, -0.05) is 22.0 Å². The molecule has 0 aliphatic carbocycles. The summed E-state index contributed by atoms with van der Waals surface area (Å²) in [5.41, 5.74) is 7.08. The van der Waals surface area contributed by atoms with Crippen LogP contribution in [0.3, 0.4) is 0 Å². The van der Waals surface area contributed by atoms with E-state index in [0.29, 0.717) is 5.69 Å². The molecule has 1 aromatic carbocycles. The van der Waals surface area contributed by atoms with Gasteiger partial charge in [-0.2, -0.15) is 0 Å². The summed E-state index contributed by atoms with van der Waals surface area (Å²) in [6, 6.07) is 6.47. The van der Waals surface area contributed by atoms with Gasteiger partial charge in [-0.25, -0.2) is 9.37 Å². The van der Waals surface area contributed by atoms with Gasteiger partial charge in [0.1, 0.15) is 11.6 Å². The molecule has 4 nitrogen and oxygen atoms in total. The number of amides is 1. The maximum Gasteiger partial charge on any atom is 0.259 e. The Morgan fingerprint density at radius 2 is 2.21 bits per heavy atom. The van der Waals surface area contributed by atoms with Crippen LogP contribution in [-0.2, 0) is 0 Å². The van der Waals surface area contributed by atoms with Crippen LogP contribution < -0.4 is 11.1 Å². The van der Waals surface area contributed by atoms with Gasteiger partial charge in [0.25, 0.3) is 5.91 Å². The zero-order valence-corrected chi connectivity index (χ0v) is 11.7. The summed E-state index contributed by atoms with van der Waals surface area (Å²) < 4.78 is 14.0. The number of pyridine rings is 1. The molecule has 0 fully saturated rings. The molecular formula is C13H11BrFN3O. The maximum absolute atomic E-state index is 13.1. The average molecular weight is 324 g/mol. The minimum absolute atomic E-state index is 0.00782. The van der Waals surface area contributed by atoms with Crippen molar-refractivity contribution >= 4 is 33.3 Å². The number of nitrogens with two attached hydrogens (primary N) is 1. The van der Waals surface area contributed by atoms with Gasteiger partial charge in [-0.3, -0.25) is 4.79 Å². The van der Waals surface area contributed by atoms with Crippen molar-refractivity contribution in [3.8, 4) is 0 Å². The van der Waals surface area contributed by atoms with Crippen molar-refractivity contribution in [2.45, 2.75) is 6.92 Å². The quantitative estimate of drug-likeness (QED) is 0.892. The molecule has 2 rings (SSSR count). The molecule has 0 aliphatic rings. The zero-order valence-electron chi connectivity index (χ0n) is 10.1. The number of carbonyl (C=O) groups excluding carboxylic acids is 1. The lowest BCUT2D eigenvalue weighted by Crippen LogP contribution is -2.16. The first-order valence-corrected chi connectivity index (χ1v) is 6.26. The van der Waals surface area contributed by atoms with Crippen molar-refractivity contribution in [2.75, 3.05) is 11.1 Å². The second-order valence-electron chi connectivity index (χ2n) is 3.95. The predicted octanol–water partition coefficient (Wildman–Crippen LogP) is 3.13. The largest absolute Gasteiger partial charge is 0.383 e. The minimum Gasteiger partial charge on any atom is -0.383 e. The van der Waals surface area contributed by atoms with E-state index >= 15 is 0 Å². The van der Waals surface area contributed by atoms with E-state index in [4.69, 9.17) is 5.73 Å². The number of rotatable bonds is 2. The highest BCUT2D eigenvalue weighted by molar-refractivity contribution is 9.10. The highest BCUT2D eigenvalue weighted by Crippen LogP contribution is 2.24. The van der Waals surface area contributed by atoms with E-state index in [0.717, 1.165) is 22.3 Å². The molecule has 3 N–H and O–H groups in total. The van der Waals surface area contributed by atoms with Crippen LogP contribution in [0.15, 0.2) is 34.9 Å². The summed E-state index contributed by atoms with van der Waals surface area (Å²) in [5.74, 6) is -1.11. The SMILES string of the molecule is Cc1c(Br)cccc1NC(=O)c1cc(F)cnc1N. The number of benzene rings is 1. The van der Waals surface area contributed by atoms with E-state index in [-0.39, 0.29) is 11.4 Å². The molecule has 1 aromatic heterocycles. The van der Waals surface area contributed by atoms with Crippen molar-refractivity contribution < 1.29 is 9.18 Å². The first-order chi connectivity index (χ1) is 8.99. The van der Waals surface area contributed by atoms with Crippen LogP contribution in [0.4, 0.5) is 15.9 Å². The fraction of sp³-hybridized carbons (Fsp3) is 0.0769. The molecule has 1 amide bonds. The number of hydrogen-bond donors (Lipinski definition) is 2. The summed E-state index contributed by atoms with van der Waals surface area (Å²) in [4.78, 5) is 15.7. The van der Waals surface area contributed by atoms with Crippen LogP contribution >= 0.6 is 15.9 Å². The highest BCUT2D eigenvalue weighted by atomic mass is 79.9.